The zero-order valence-corrected chi connectivity index (χ0v) is 26.2. The third-order valence-electron chi connectivity index (χ3n) is 6.69. The lowest BCUT2D eigenvalue weighted by molar-refractivity contribution is 0.416. The first-order chi connectivity index (χ1) is 17.8. The van der Waals surface area contributed by atoms with Crippen LogP contribution in [0.25, 0.3) is 0 Å². The van der Waals surface area contributed by atoms with Crippen LogP contribution in [-0.4, -0.2) is 42.2 Å². The van der Waals surface area contributed by atoms with E-state index in [1.165, 1.54) is 6.92 Å². The van der Waals surface area contributed by atoms with Gasteiger partial charge < -0.3 is 0 Å². The van der Waals surface area contributed by atoms with Crippen LogP contribution >= 0.6 is 11.8 Å². The summed E-state index contributed by atoms with van der Waals surface area (Å²) in [6, 6.07) is 8.84. The fourth-order valence-corrected chi connectivity index (χ4v) is 6.57. The van der Waals surface area contributed by atoms with Crippen molar-refractivity contribution in [2.75, 3.05) is 11.5 Å². The second kappa shape index (κ2) is 18.1. The van der Waals surface area contributed by atoms with Crippen molar-refractivity contribution in [1.29, 1.82) is 0 Å². The minimum atomic E-state index is -4.28. The highest BCUT2D eigenvalue weighted by atomic mass is 32.2. The van der Waals surface area contributed by atoms with Gasteiger partial charge in [-0.05, 0) is 69.1 Å². The van der Waals surface area contributed by atoms with E-state index in [-0.39, 0.29) is 0 Å². The number of benzene rings is 1. The second-order valence-corrected chi connectivity index (χ2v) is 14.3. The number of thioether (sulfide) groups is 1. The molecule has 0 bridgehead atoms. The van der Waals surface area contributed by atoms with Crippen LogP contribution in [0.1, 0.15) is 91.5 Å². The summed E-state index contributed by atoms with van der Waals surface area (Å²) in [7, 11) is -8.51. The van der Waals surface area contributed by atoms with Crippen LogP contribution in [0, 0.1) is 0 Å². The molecule has 218 valence electrons. The maximum absolute atomic E-state index is 12.1. The molecule has 1 rings (SSSR count). The van der Waals surface area contributed by atoms with Gasteiger partial charge in [0.15, 0.2) is 0 Å². The third kappa shape index (κ3) is 11.8. The van der Waals surface area contributed by atoms with Gasteiger partial charge in [0.05, 0.1) is 0 Å². The fraction of sp³-hybridized carbons (Fsp3) is 0.586. The van der Waals surface area contributed by atoms with Gasteiger partial charge in [0.25, 0.3) is 20.2 Å². The van der Waals surface area contributed by atoms with E-state index in [0.717, 1.165) is 37.2 Å². The van der Waals surface area contributed by atoms with E-state index in [1.807, 2.05) is 44.7 Å². The molecule has 0 saturated carbocycles. The van der Waals surface area contributed by atoms with Gasteiger partial charge in [0, 0.05) is 0 Å². The van der Waals surface area contributed by atoms with Crippen LogP contribution in [0.4, 0.5) is 0 Å². The van der Waals surface area contributed by atoms with Gasteiger partial charge >= 0.3 is 0 Å². The highest BCUT2D eigenvalue weighted by Gasteiger charge is 2.40. The first-order valence-electron chi connectivity index (χ1n) is 13.4. The molecule has 0 aliphatic heterocycles. The summed E-state index contributed by atoms with van der Waals surface area (Å²) in [4.78, 5) is 0. The fourth-order valence-electron chi connectivity index (χ4n) is 3.92. The Bertz CT molecular complexity index is 1080. The molecule has 0 heterocycles. The molecular formula is C29H48O6S3. The molecule has 2 atom stereocenters. The SMILES string of the molecule is C=C(/C=C\C=C/C)C(C)(CCCCCSCCCCCC(C)(c1ccccc1)S(=O)(=O)O)S(=O)(=O)O.CC. The predicted molar refractivity (Wildman–Crippen MR) is 164 cm³/mol. The zero-order valence-electron chi connectivity index (χ0n) is 23.7. The molecule has 2 N–H and O–H groups in total. The summed E-state index contributed by atoms with van der Waals surface area (Å²) < 4.78 is 65.0. The van der Waals surface area contributed by atoms with E-state index in [1.54, 1.807) is 49.4 Å². The Labute approximate surface area is 236 Å². The molecule has 9 heteroatoms. The summed E-state index contributed by atoms with van der Waals surface area (Å²) in [6.45, 7) is 12.8. The highest BCUT2D eigenvalue weighted by Crippen LogP contribution is 2.35. The van der Waals surface area contributed by atoms with Gasteiger partial charge in [-0.15, -0.1) is 0 Å². The van der Waals surface area contributed by atoms with E-state index < -0.39 is 29.7 Å². The quantitative estimate of drug-likeness (QED) is 0.102. The van der Waals surface area contributed by atoms with Crippen molar-refractivity contribution in [2.45, 2.75) is 95.5 Å². The first-order valence-corrected chi connectivity index (χ1v) is 17.4. The summed E-state index contributed by atoms with van der Waals surface area (Å²) in [5, 5.41) is 0. The smallest absolute Gasteiger partial charge is 0.274 e. The second-order valence-electron chi connectivity index (χ2n) is 9.42. The van der Waals surface area contributed by atoms with E-state index in [2.05, 4.69) is 6.58 Å². The molecular weight excluding hydrogens is 541 g/mol. The summed E-state index contributed by atoms with van der Waals surface area (Å²) in [5.41, 5.74) is 0.971. The molecule has 0 amide bonds. The Morgan fingerprint density at radius 3 is 1.84 bits per heavy atom. The van der Waals surface area contributed by atoms with Crippen molar-refractivity contribution in [3.8, 4) is 0 Å². The average molecular weight is 589 g/mol. The normalized spacial score (nSPS) is 15.6. The van der Waals surface area contributed by atoms with Crippen molar-refractivity contribution in [1.82, 2.24) is 0 Å². The molecule has 1 aromatic carbocycles. The molecule has 0 aliphatic carbocycles. The minimum absolute atomic E-state index is 0.309. The van der Waals surface area contributed by atoms with E-state index in [9.17, 15) is 25.9 Å². The minimum Gasteiger partial charge on any atom is -0.285 e. The lowest BCUT2D eigenvalue weighted by atomic mass is 9.94. The molecule has 2 unspecified atom stereocenters. The maximum Gasteiger partial charge on any atom is 0.274 e. The summed E-state index contributed by atoms with van der Waals surface area (Å²) in [6.07, 6.45) is 12.6. The van der Waals surface area contributed by atoms with Crippen molar-refractivity contribution in [3.63, 3.8) is 0 Å². The van der Waals surface area contributed by atoms with Crippen molar-refractivity contribution in [2.24, 2.45) is 0 Å². The van der Waals surface area contributed by atoms with Crippen LogP contribution in [-0.2, 0) is 25.0 Å². The number of allylic oxidation sites excluding steroid dienone is 4. The van der Waals surface area contributed by atoms with Crippen LogP contribution < -0.4 is 0 Å². The predicted octanol–water partition coefficient (Wildman–Crippen LogP) is 8.00. The Balaban J connectivity index is 0.00000667. The largest absolute Gasteiger partial charge is 0.285 e. The first kappa shape index (κ1) is 36.6. The molecule has 0 saturated heterocycles. The molecule has 6 nitrogen and oxygen atoms in total. The Morgan fingerprint density at radius 2 is 1.37 bits per heavy atom. The molecule has 0 aromatic heterocycles. The van der Waals surface area contributed by atoms with Crippen LogP contribution in [0.3, 0.4) is 0 Å². The van der Waals surface area contributed by atoms with Gasteiger partial charge in [-0.2, -0.15) is 28.6 Å². The average Bonchev–Trinajstić information content (AvgIpc) is 2.87. The van der Waals surface area contributed by atoms with Crippen LogP contribution in [0.5, 0.6) is 0 Å². The van der Waals surface area contributed by atoms with Crippen molar-refractivity contribution >= 4 is 32.0 Å². The summed E-state index contributed by atoms with van der Waals surface area (Å²) in [5.74, 6) is 1.92. The number of rotatable bonds is 18. The molecule has 0 radical (unpaired) electrons. The van der Waals surface area contributed by atoms with Gasteiger partial charge in [-0.25, -0.2) is 0 Å². The highest BCUT2D eigenvalue weighted by molar-refractivity contribution is 7.99. The van der Waals surface area contributed by atoms with E-state index >= 15 is 0 Å². The molecule has 0 fully saturated rings. The lowest BCUT2D eigenvalue weighted by Gasteiger charge is -2.27. The number of hydrogen-bond acceptors (Lipinski definition) is 5. The van der Waals surface area contributed by atoms with Crippen LogP contribution in [0.2, 0.25) is 0 Å². The third-order valence-corrected chi connectivity index (χ3v) is 11.0. The molecule has 1 aromatic rings. The number of unbranched alkanes of at least 4 members (excludes halogenated alkanes) is 4. The van der Waals surface area contributed by atoms with Crippen molar-refractivity contribution in [3.05, 3.63) is 72.4 Å². The van der Waals surface area contributed by atoms with Gasteiger partial charge in [0.2, 0.25) is 0 Å². The van der Waals surface area contributed by atoms with Gasteiger partial charge in [-0.3, -0.25) is 9.11 Å². The Morgan fingerprint density at radius 1 is 0.842 bits per heavy atom. The number of hydrogen-bond donors (Lipinski definition) is 2. The Kier molecular flexibility index (Phi) is 17.4. The lowest BCUT2D eigenvalue weighted by Crippen LogP contribution is -2.36. The maximum atomic E-state index is 12.1. The van der Waals surface area contributed by atoms with Crippen molar-refractivity contribution < 1.29 is 25.9 Å². The Hall–Kier alpha value is -1.39. The molecule has 0 aliphatic rings. The van der Waals surface area contributed by atoms with E-state index in [0.29, 0.717) is 36.8 Å². The van der Waals surface area contributed by atoms with E-state index in [4.69, 9.17) is 0 Å². The standard InChI is InChI=1S/C27H42O6S3.C2H6/c1-5-6-10-17-24(2)26(3,35(28,29)30)20-13-8-15-22-34-23-16-9-14-21-27(4,36(31,32)33)25-18-11-7-12-19-25;1-2/h5-7,10-12,17-19H,2,8-9,13-16,20-23H2,1,3-4H3,(H,28,29,30)(H,31,32,33);1-2H3/b6-5-,17-10-;. The zero-order chi connectivity index (χ0) is 29.3. The topological polar surface area (TPSA) is 109 Å². The summed E-state index contributed by atoms with van der Waals surface area (Å²) >= 11 is 1.82. The van der Waals surface area contributed by atoms with Gasteiger partial charge in [-0.1, -0.05) is 101 Å². The molecule has 0 spiro atoms. The van der Waals surface area contributed by atoms with Gasteiger partial charge in [0.1, 0.15) is 9.49 Å². The monoisotopic (exact) mass is 588 g/mol. The molecule has 38 heavy (non-hydrogen) atoms. The van der Waals surface area contributed by atoms with Crippen LogP contribution in [0.15, 0.2) is 66.8 Å².